The van der Waals surface area contributed by atoms with Crippen molar-refractivity contribution >= 4 is 22.6 Å². The molecule has 24 heavy (non-hydrogen) atoms. The fourth-order valence-corrected chi connectivity index (χ4v) is 3.33. The molecular weight excluding hydrogens is 300 g/mol. The second kappa shape index (κ2) is 6.35. The summed E-state index contributed by atoms with van der Waals surface area (Å²) in [7, 11) is 0. The van der Waals surface area contributed by atoms with Crippen LogP contribution in [0, 0.1) is 0 Å². The number of para-hydroxylation sites is 1. The van der Waals surface area contributed by atoms with Crippen molar-refractivity contribution < 1.29 is 4.79 Å². The summed E-state index contributed by atoms with van der Waals surface area (Å²) >= 11 is 0. The molecule has 1 aliphatic rings. The van der Waals surface area contributed by atoms with Crippen molar-refractivity contribution in [2.75, 3.05) is 18.0 Å². The first kappa shape index (κ1) is 14.8. The summed E-state index contributed by atoms with van der Waals surface area (Å²) in [5.41, 5.74) is 1.09. The molecule has 1 saturated heterocycles. The number of pyridine rings is 1. The summed E-state index contributed by atoms with van der Waals surface area (Å²) in [5.74, 6) is 1.04. The molecule has 0 bridgehead atoms. The molecule has 122 valence electrons. The molecule has 1 N–H and O–H groups in total. The average Bonchev–Trinajstić information content (AvgIpc) is 3.23. The highest BCUT2D eigenvalue weighted by atomic mass is 16.2. The average molecular weight is 320 g/mol. The van der Waals surface area contributed by atoms with E-state index in [-0.39, 0.29) is 11.9 Å². The van der Waals surface area contributed by atoms with Crippen LogP contribution in [0.1, 0.15) is 6.42 Å². The van der Waals surface area contributed by atoms with Crippen LogP contribution in [-0.2, 0) is 11.3 Å². The second-order valence-corrected chi connectivity index (χ2v) is 6.19. The summed E-state index contributed by atoms with van der Waals surface area (Å²) in [6.07, 6.45) is 4.73. The largest absolute Gasteiger partial charge is 0.354 e. The van der Waals surface area contributed by atoms with Gasteiger partial charge >= 0.3 is 0 Å². The summed E-state index contributed by atoms with van der Waals surface area (Å²) in [6, 6.07) is 16.3. The SMILES string of the molecule is O=C(Cn1ccc2ccccc21)N[C@H]1CCN(c2ccccn2)C1. The molecule has 5 nitrogen and oxygen atoms in total. The topological polar surface area (TPSA) is 50.2 Å². The van der Waals surface area contributed by atoms with Crippen molar-refractivity contribution in [3.05, 3.63) is 60.9 Å². The fraction of sp³-hybridized carbons (Fsp3) is 0.263. The van der Waals surface area contributed by atoms with Gasteiger partial charge in [-0.3, -0.25) is 4.79 Å². The van der Waals surface area contributed by atoms with Gasteiger partial charge in [-0.05, 0) is 36.1 Å². The van der Waals surface area contributed by atoms with Crippen molar-refractivity contribution in [3.63, 3.8) is 0 Å². The van der Waals surface area contributed by atoms with Crippen LogP contribution in [0.25, 0.3) is 10.9 Å². The molecule has 1 atom stereocenters. The number of aromatic nitrogens is 2. The van der Waals surface area contributed by atoms with Gasteiger partial charge in [0.15, 0.2) is 0 Å². The van der Waals surface area contributed by atoms with Crippen LogP contribution in [0.15, 0.2) is 60.9 Å². The lowest BCUT2D eigenvalue weighted by molar-refractivity contribution is -0.122. The van der Waals surface area contributed by atoms with Crippen LogP contribution in [-0.4, -0.2) is 34.6 Å². The number of nitrogens with zero attached hydrogens (tertiary/aromatic N) is 3. The van der Waals surface area contributed by atoms with E-state index in [1.165, 1.54) is 0 Å². The molecule has 0 unspecified atom stereocenters. The van der Waals surface area contributed by atoms with Crippen LogP contribution in [0.3, 0.4) is 0 Å². The van der Waals surface area contributed by atoms with Crippen molar-refractivity contribution in [2.45, 2.75) is 19.0 Å². The Morgan fingerprint density at radius 3 is 2.92 bits per heavy atom. The van der Waals surface area contributed by atoms with Crippen LogP contribution in [0.4, 0.5) is 5.82 Å². The quantitative estimate of drug-likeness (QED) is 0.803. The predicted molar refractivity (Wildman–Crippen MR) is 94.9 cm³/mol. The highest BCUT2D eigenvalue weighted by Crippen LogP contribution is 2.18. The lowest BCUT2D eigenvalue weighted by Crippen LogP contribution is -2.38. The zero-order chi connectivity index (χ0) is 16.4. The van der Waals surface area contributed by atoms with E-state index in [0.717, 1.165) is 36.2 Å². The van der Waals surface area contributed by atoms with Crippen molar-refractivity contribution in [2.24, 2.45) is 0 Å². The van der Waals surface area contributed by atoms with Gasteiger partial charge < -0.3 is 14.8 Å². The summed E-state index contributed by atoms with van der Waals surface area (Å²) < 4.78 is 2.00. The van der Waals surface area contributed by atoms with E-state index in [0.29, 0.717) is 6.54 Å². The zero-order valence-corrected chi connectivity index (χ0v) is 13.4. The van der Waals surface area contributed by atoms with Gasteiger partial charge in [-0.1, -0.05) is 24.3 Å². The number of fused-ring (bicyclic) bond motifs is 1. The minimum absolute atomic E-state index is 0.0595. The lowest BCUT2D eigenvalue weighted by Gasteiger charge is -2.18. The number of hydrogen-bond donors (Lipinski definition) is 1. The number of benzene rings is 1. The molecule has 0 radical (unpaired) electrons. The number of anilines is 1. The van der Waals surface area contributed by atoms with E-state index in [1.807, 2.05) is 53.2 Å². The van der Waals surface area contributed by atoms with Gasteiger partial charge in [0.25, 0.3) is 0 Å². The molecule has 5 heteroatoms. The second-order valence-electron chi connectivity index (χ2n) is 6.19. The summed E-state index contributed by atoms with van der Waals surface area (Å²) in [4.78, 5) is 19.0. The Balaban J connectivity index is 1.37. The minimum Gasteiger partial charge on any atom is -0.354 e. The molecule has 3 heterocycles. The molecule has 2 aromatic heterocycles. The number of amides is 1. The van der Waals surface area contributed by atoms with Crippen molar-refractivity contribution in [1.29, 1.82) is 0 Å². The normalized spacial score (nSPS) is 17.3. The number of carbonyl (C=O) groups excluding carboxylic acids is 1. The Labute approximate surface area is 140 Å². The van der Waals surface area contributed by atoms with Crippen LogP contribution in [0.2, 0.25) is 0 Å². The van der Waals surface area contributed by atoms with E-state index < -0.39 is 0 Å². The van der Waals surface area contributed by atoms with Gasteiger partial charge in [-0.2, -0.15) is 0 Å². The van der Waals surface area contributed by atoms with Gasteiger partial charge in [0.2, 0.25) is 5.91 Å². The van der Waals surface area contributed by atoms with E-state index in [1.54, 1.807) is 6.20 Å². The van der Waals surface area contributed by atoms with Crippen LogP contribution >= 0.6 is 0 Å². The number of carbonyl (C=O) groups is 1. The van der Waals surface area contributed by atoms with Gasteiger partial charge in [0, 0.05) is 37.0 Å². The predicted octanol–water partition coefficient (Wildman–Crippen LogP) is 2.43. The fourth-order valence-electron chi connectivity index (χ4n) is 3.33. The Kier molecular flexibility index (Phi) is 3.91. The minimum atomic E-state index is 0.0595. The first-order valence-corrected chi connectivity index (χ1v) is 8.29. The number of nitrogens with one attached hydrogen (secondary N) is 1. The number of rotatable bonds is 4. The Morgan fingerprint density at radius 1 is 1.17 bits per heavy atom. The first-order chi connectivity index (χ1) is 11.8. The number of hydrogen-bond acceptors (Lipinski definition) is 3. The molecule has 3 aromatic rings. The molecule has 0 saturated carbocycles. The molecule has 0 aliphatic carbocycles. The highest BCUT2D eigenvalue weighted by molar-refractivity contribution is 5.83. The third-order valence-electron chi connectivity index (χ3n) is 4.52. The Morgan fingerprint density at radius 2 is 2.04 bits per heavy atom. The van der Waals surface area contributed by atoms with Gasteiger partial charge in [0.05, 0.1) is 0 Å². The molecule has 1 aliphatic heterocycles. The Bertz CT molecular complexity index is 843. The zero-order valence-electron chi connectivity index (χ0n) is 13.4. The summed E-state index contributed by atoms with van der Waals surface area (Å²) in [6.45, 7) is 2.09. The van der Waals surface area contributed by atoms with E-state index in [4.69, 9.17) is 0 Å². The summed E-state index contributed by atoms with van der Waals surface area (Å²) in [5, 5.41) is 4.31. The molecule has 1 aromatic carbocycles. The van der Waals surface area contributed by atoms with Gasteiger partial charge in [0.1, 0.15) is 12.4 Å². The maximum Gasteiger partial charge on any atom is 0.240 e. The molecular formula is C19H20N4O. The van der Waals surface area contributed by atoms with Gasteiger partial charge in [-0.15, -0.1) is 0 Å². The molecule has 1 fully saturated rings. The van der Waals surface area contributed by atoms with Crippen molar-refractivity contribution in [1.82, 2.24) is 14.9 Å². The molecule has 4 rings (SSSR count). The monoisotopic (exact) mass is 320 g/mol. The van der Waals surface area contributed by atoms with E-state index >= 15 is 0 Å². The van der Waals surface area contributed by atoms with E-state index in [9.17, 15) is 4.79 Å². The lowest BCUT2D eigenvalue weighted by atomic mass is 10.2. The third kappa shape index (κ3) is 2.97. The molecule has 0 spiro atoms. The maximum atomic E-state index is 12.4. The highest BCUT2D eigenvalue weighted by Gasteiger charge is 2.24. The van der Waals surface area contributed by atoms with Gasteiger partial charge in [-0.25, -0.2) is 4.98 Å². The van der Waals surface area contributed by atoms with Crippen LogP contribution in [0.5, 0.6) is 0 Å². The molecule has 1 amide bonds. The maximum absolute atomic E-state index is 12.4. The standard InChI is InChI=1S/C19H20N4O/c24-19(14-22-11-8-15-5-1-2-6-17(15)22)21-16-9-12-23(13-16)18-7-3-4-10-20-18/h1-8,10-11,16H,9,12-14H2,(H,21,24)/t16-/m0/s1. The van der Waals surface area contributed by atoms with Crippen molar-refractivity contribution in [3.8, 4) is 0 Å². The van der Waals surface area contributed by atoms with E-state index in [2.05, 4.69) is 21.3 Å². The Hall–Kier alpha value is -2.82. The smallest absolute Gasteiger partial charge is 0.240 e. The third-order valence-corrected chi connectivity index (χ3v) is 4.52. The first-order valence-electron chi connectivity index (χ1n) is 8.29. The van der Waals surface area contributed by atoms with Crippen LogP contribution < -0.4 is 10.2 Å².